The number of halogens is 2. The molecule has 0 aliphatic rings. The highest BCUT2D eigenvalue weighted by Crippen LogP contribution is 2.24. The first kappa shape index (κ1) is 12.4. The molecule has 0 unspecified atom stereocenters. The molecule has 0 aliphatic heterocycles. The lowest BCUT2D eigenvalue weighted by atomic mass is 10.2. The number of ether oxygens (including phenoxy) is 1. The molecule has 1 atom stereocenters. The van der Waals surface area contributed by atoms with Crippen molar-refractivity contribution in [1.82, 2.24) is 4.98 Å². The van der Waals surface area contributed by atoms with Gasteiger partial charge in [-0.05, 0) is 24.6 Å². The van der Waals surface area contributed by atoms with Gasteiger partial charge in [0.2, 0.25) is 5.88 Å². The Bertz CT molecular complexity index is 541. The molecule has 18 heavy (non-hydrogen) atoms. The van der Waals surface area contributed by atoms with Crippen LogP contribution in [-0.2, 0) is 0 Å². The van der Waals surface area contributed by atoms with Crippen molar-refractivity contribution in [2.75, 3.05) is 0 Å². The van der Waals surface area contributed by atoms with E-state index in [0.29, 0.717) is 0 Å². The molecule has 0 saturated heterocycles. The SMILES string of the molecule is C[C@@H](N)c1ccc(Oc2ccc(F)cc2F)nc1. The van der Waals surface area contributed by atoms with E-state index >= 15 is 0 Å². The fourth-order valence-electron chi connectivity index (χ4n) is 1.39. The van der Waals surface area contributed by atoms with Crippen LogP contribution >= 0.6 is 0 Å². The summed E-state index contributed by atoms with van der Waals surface area (Å²) in [4.78, 5) is 4.00. The van der Waals surface area contributed by atoms with E-state index in [0.717, 1.165) is 17.7 Å². The van der Waals surface area contributed by atoms with Gasteiger partial charge >= 0.3 is 0 Å². The standard InChI is InChI=1S/C13H12F2N2O/c1-8(16)9-2-5-13(17-7-9)18-12-4-3-10(14)6-11(12)15/h2-8H,16H2,1H3/t8-/m1/s1. The van der Waals surface area contributed by atoms with Crippen LogP contribution in [0, 0.1) is 11.6 Å². The van der Waals surface area contributed by atoms with Gasteiger partial charge in [-0.15, -0.1) is 0 Å². The molecule has 1 aromatic carbocycles. The number of pyridine rings is 1. The van der Waals surface area contributed by atoms with Crippen LogP contribution in [0.25, 0.3) is 0 Å². The number of rotatable bonds is 3. The van der Waals surface area contributed by atoms with E-state index in [-0.39, 0.29) is 17.7 Å². The molecule has 0 radical (unpaired) electrons. The third-order valence-electron chi connectivity index (χ3n) is 2.39. The van der Waals surface area contributed by atoms with Crippen LogP contribution in [0.5, 0.6) is 11.6 Å². The maximum Gasteiger partial charge on any atom is 0.219 e. The fraction of sp³-hybridized carbons (Fsp3) is 0.154. The van der Waals surface area contributed by atoms with Crippen molar-refractivity contribution in [2.24, 2.45) is 5.73 Å². The Balaban J connectivity index is 2.18. The first-order valence-electron chi connectivity index (χ1n) is 5.40. The molecule has 0 aliphatic carbocycles. The molecule has 94 valence electrons. The highest BCUT2D eigenvalue weighted by molar-refractivity contribution is 5.30. The van der Waals surface area contributed by atoms with Crippen molar-refractivity contribution >= 4 is 0 Å². The summed E-state index contributed by atoms with van der Waals surface area (Å²) in [6.07, 6.45) is 1.56. The molecule has 0 amide bonds. The summed E-state index contributed by atoms with van der Waals surface area (Å²) in [6.45, 7) is 1.83. The molecule has 0 saturated carbocycles. The predicted octanol–water partition coefficient (Wildman–Crippen LogP) is 3.17. The van der Waals surface area contributed by atoms with Crippen LogP contribution < -0.4 is 10.5 Å². The van der Waals surface area contributed by atoms with Gasteiger partial charge in [-0.2, -0.15) is 0 Å². The summed E-state index contributed by atoms with van der Waals surface area (Å²) in [6, 6.07) is 6.29. The Morgan fingerprint density at radius 3 is 2.56 bits per heavy atom. The lowest BCUT2D eigenvalue weighted by molar-refractivity contribution is 0.423. The third-order valence-corrected chi connectivity index (χ3v) is 2.39. The zero-order valence-corrected chi connectivity index (χ0v) is 9.73. The topological polar surface area (TPSA) is 48.1 Å². The van der Waals surface area contributed by atoms with E-state index in [9.17, 15) is 8.78 Å². The Hall–Kier alpha value is -2.01. The van der Waals surface area contributed by atoms with E-state index in [1.165, 1.54) is 6.07 Å². The molecule has 1 aromatic heterocycles. The lowest BCUT2D eigenvalue weighted by Crippen LogP contribution is -2.05. The molecule has 2 aromatic rings. The van der Waals surface area contributed by atoms with Crippen LogP contribution in [0.15, 0.2) is 36.5 Å². The van der Waals surface area contributed by atoms with Crippen LogP contribution in [0.4, 0.5) is 8.78 Å². The first-order chi connectivity index (χ1) is 8.56. The van der Waals surface area contributed by atoms with Crippen LogP contribution in [0.3, 0.4) is 0 Å². The van der Waals surface area contributed by atoms with Crippen molar-refractivity contribution in [3.05, 3.63) is 53.7 Å². The minimum Gasteiger partial charge on any atom is -0.436 e. The van der Waals surface area contributed by atoms with Gasteiger partial charge in [0.05, 0.1) is 0 Å². The van der Waals surface area contributed by atoms with Gasteiger partial charge in [-0.25, -0.2) is 13.8 Å². The van der Waals surface area contributed by atoms with Crippen molar-refractivity contribution in [2.45, 2.75) is 13.0 Å². The number of aromatic nitrogens is 1. The number of nitrogens with zero attached hydrogens (tertiary/aromatic N) is 1. The van der Waals surface area contributed by atoms with Gasteiger partial charge in [0.1, 0.15) is 5.82 Å². The second kappa shape index (κ2) is 5.10. The van der Waals surface area contributed by atoms with E-state index < -0.39 is 11.6 Å². The largest absolute Gasteiger partial charge is 0.436 e. The van der Waals surface area contributed by atoms with E-state index in [4.69, 9.17) is 10.5 Å². The Labute approximate surface area is 103 Å². The highest BCUT2D eigenvalue weighted by Gasteiger charge is 2.07. The molecule has 0 spiro atoms. The molecule has 2 rings (SSSR count). The van der Waals surface area contributed by atoms with E-state index in [1.807, 2.05) is 6.92 Å². The Morgan fingerprint density at radius 1 is 1.22 bits per heavy atom. The van der Waals surface area contributed by atoms with Crippen molar-refractivity contribution in [1.29, 1.82) is 0 Å². The van der Waals surface area contributed by atoms with Gasteiger partial charge < -0.3 is 10.5 Å². The summed E-state index contributed by atoms with van der Waals surface area (Å²) < 4.78 is 31.2. The second-order valence-corrected chi connectivity index (χ2v) is 3.90. The van der Waals surface area contributed by atoms with Gasteiger partial charge in [-0.1, -0.05) is 6.07 Å². The van der Waals surface area contributed by atoms with Gasteiger partial charge in [0.15, 0.2) is 11.6 Å². The average molecular weight is 250 g/mol. The number of nitrogens with two attached hydrogens (primary N) is 1. The van der Waals surface area contributed by atoms with E-state index in [2.05, 4.69) is 4.98 Å². The number of hydrogen-bond acceptors (Lipinski definition) is 3. The summed E-state index contributed by atoms with van der Waals surface area (Å²) in [7, 11) is 0. The van der Waals surface area contributed by atoms with Crippen molar-refractivity contribution in [3.8, 4) is 11.6 Å². The maximum absolute atomic E-state index is 13.3. The first-order valence-corrected chi connectivity index (χ1v) is 5.40. The van der Waals surface area contributed by atoms with Crippen LogP contribution in [0.1, 0.15) is 18.5 Å². The molecular weight excluding hydrogens is 238 g/mol. The molecule has 1 heterocycles. The Morgan fingerprint density at radius 2 is 2.00 bits per heavy atom. The summed E-state index contributed by atoms with van der Waals surface area (Å²) in [5.41, 5.74) is 6.52. The predicted molar refractivity (Wildman–Crippen MR) is 63.3 cm³/mol. The minimum atomic E-state index is -0.770. The third kappa shape index (κ3) is 2.81. The zero-order valence-electron chi connectivity index (χ0n) is 9.73. The smallest absolute Gasteiger partial charge is 0.219 e. The van der Waals surface area contributed by atoms with Crippen molar-refractivity contribution < 1.29 is 13.5 Å². The lowest BCUT2D eigenvalue weighted by Gasteiger charge is -2.08. The average Bonchev–Trinajstić information content (AvgIpc) is 2.33. The molecular formula is C13H12F2N2O. The number of benzene rings is 1. The van der Waals surface area contributed by atoms with Crippen LogP contribution in [0.2, 0.25) is 0 Å². The van der Waals surface area contributed by atoms with Gasteiger partial charge in [0, 0.05) is 24.4 Å². The van der Waals surface area contributed by atoms with E-state index in [1.54, 1.807) is 18.3 Å². The van der Waals surface area contributed by atoms with Crippen LogP contribution in [-0.4, -0.2) is 4.98 Å². The van der Waals surface area contributed by atoms with Gasteiger partial charge in [-0.3, -0.25) is 0 Å². The summed E-state index contributed by atoms with van der Waals surface area (Å²) in [5.74, 6) is -1.27. The maximum atomic E-state index is 13.3. The summed E-state index contributed by atoms with van der Waals surface area (Å²) >= 11 is 0. The number of hydrogen-bond donors (Lipinski definition) is 1. The quantitative estimate of drug-likeness (QED) is 0.910. The highest BCUT2D eigenvalue weighted by atomic mass is 19.1. The monoisotopic (exact) mass is 250 g/mol. The molecule has 0 bridgehead atoms. The molecule has 5 heteroatoms. The Kier molecular flexibility index (Phi) is 3.53. The summed E-state index contributed by atoms with van der Waals surface area (Å²) in [5, 5.41) is 0. The molecule has 2 N–H and O–H groups in total. The zero-order chi connectivity index (χ0) is 13.1. The minimum absolute atomic E-state index is 0.0718. The van der Waals surface area contributed by atoms with Gasteiger partial charge in [0.25, 0.3) is 0 Å². The second-order valence-electron chi connectivity index (χ2n) is 3.90. The normalized spacial score (nSPS) is 12.2. The van der Waals surface area contributed by atoms with Crippen molar-refractivity contribution in [3.63, 3.8) is 0 Å². The molecule has 0 fully saturated rings. The molecule has 3 nitrogen and oxygen atoms in total. The fourth-order valence-corrected chi connectivity index (χ4v) is 1.39.